The quantitative estimate of drug-likeness (QED) is 0.898. The number of ether oxygens (including phenoxy) is 1. The minimum Gasteiger partial charge on any atom is -0.377 e. The highest BCUT2D eigenvalue weighted by atomic mass is 16.5. The van der Waals surface area contributed by atoms with Gasteiger partial charge in [-0.3, -0.25) is 9.89 Å². The minimum atomic E-state index is -0.0516. The molecule has 0 radical (unpaired) electrons. The van der Waals surface area contributed by atoms with Crippen molar-refractivity contribution in [2.75, 3.05) is 18.5 Å². The summed E-state index contributed by atoms with van der Waals surface area (Å²) in [6, 6.07) is 2.02. The summed E-state index contributed by atoms with van der Waals surface area (Å²) in [4.78, 5) is 12.1. The molecule has 2 heterocycles. The molecule has 5 nitrogen and oxygen atoms in total. The number of anilines is 1. The maximum atomic E-state index is 12.1. The van der Waals surface area contributed by atoms with Crippen LogP contribution in [0.1, 0.15) is 43.7 Å². The predicted molar refractivity (Wildman–Crippen MR) is 78.9 cm³/mol. The smallest absolute Gasteiger partial charge is 0.252 e. The van der Waals surface area contributed by atoms with Crippen molar-refractivity contribution in [1.82, 2.24) is 10.2 Å². The summed E-state index contributed by atoms with van der Waals surface area (Å²) >= 11 is 0. The third-order valence-corrected chi connectivity index (χ3v) is 5.23. The molecule has 0 aromatic carbocycles. The number of hydrogen-bond donors (Lipinski definition) is 2. The van der Waals surface area contributed by atoms with Crippen molar-refractivity contribution in [3.05, 3.63) is 23.4 Å². The first-order valence-electron chi connectivity index (χ1n) is 7.93. The number of nitrogens with one attached hydrogen (secondary N) is 2. The van der Waals surface area contributed by atoms with E-state index in [1.165, 1.54) is 31.4 Å². The van der Waals surface area contributed by atoms with Crippen molar-refractivity contribution >= 4 is 11.7 Å². The topological polar surface area (TPSA) is 67.0 Å². The van der Waals surface area contributed by atoms with Gasteiger partial charge in [-0.1, -0.05) is 12.5 Å². The van der Waals surface area contributed by atoms with Crippen LogP contribution in [0.4, 0.5) is 5.82 Å². The maximum Gasteiger partial charge on any atom is 0.252 e. The van der Waals surface area contributed by atoms with E-state index in [2.05, 4.69) is 15.5 Å². The lowest BCUT2D eigenvalue weighted by atomic mass is 9.86. The number of H-pyrrole nitrogens is 1. The second kappa shape index (κ2) is 5.30. The zero-order valence-electron chi connectivity index (χ0n) is 12.1. The number of carbonyl (C=O) groups is 1. The first-order valence-corrected chi connectivity index (χ1v) is 7.93. The fourth-order valence-electron chi connectivity index (χ4n) is 4.15. The number of rotatable bonds is 3. The first kappa shape index (κ1) is 13.1. The summed E-state index contributed by atoms with van der Waals surface area (Å²) in [6.07, 6.45) is 7.93. The molecule has 3 atom stereocenters. The Balaban J connectivity index is 1.43. The Hall–Kier alpha value is -1.62. The third-order valence-electron chi connectivity index (χ3n) is 5.23. The number of nitrogens with zero attached hydrogens (tertiary/aromatic N) is 1. The molecule has 3 aliphatic rings. The molecule has 2 N–H and O–H groups in total. The first-order chi connectivity index (χ1) is 10.3. The monoisotopic (exact) mass is 287 g/mol. The average molecular weight is 287 g/mol. The van der Waals surface area contributed by atoms with E-state index in [-0.39, 0.29) is 5.91 Å². The highest BCUT2D eigenvalue weighted by Crippen LogP contribution is 2.52. The highest BCUT2D eigenvalue weighted by molar-refractivity contribution is 6.03. The molecule has 3 unspecified atom stereocenters. The van der Waals surface area contributed by atoms with Crippen LogP contribution in [0.2, 0.25) is 0 Å². The van der Waals surface area contributed by atoms with Gasteiger partial charge in [-0.15, -0.1) is 0 Å². The van der Waals surface area contributed by atoms with Crippen LogP contribution < -0.4 is 5.32 Å². The van der Waals surface area contributed by atoms with Crippen molar-refractivity contribution in [1.29, 1.82) is 0 Å². The molecule has 112 valence electrons. The van der Waals surface area contributed by atoms with Gasteiger partial charge in [0.1, 0.15) is 0 Å². The Morgan fingerprint density at radius 3 is 3.05 bits per heavy atom. The fourth-order valence-corrected chi connectivity index (χ4v) is 4.15. The standard InChI is InChI=1S/C16H21N3O2/c20-16(11-3-5-21-6-4-11)17-15-9-14(18-19-15)13-8-10-1-2-12(13)7-10/h3,9-10,12-13H,1-2,4-8H2,(H2,17,18,19,20). The van der Waals surface area contributed by atoms with Gasteiger partial charge in [0.15, 0.2) is 5.82 Å². The number of amides is 1. The molecule has 1 amide bonds. The van der Waals surface area contributed by atoms with Crippen LogP contribution in [0.15, 0.2) is 17.7 Å². The van der Waals surface area contributed by atoms with E-state index in [1.807, 2.05) is 12.1 Å². The van der Waals surface area contributed by atoms with E-state index in [0.717, 1.165) is 17.4 Å². The van der Waals surface area contributed by atoms with Crippen LogP contribution in [0.5, 0.6) is 0 Å². The molecule has 2 bridgehead atoms. The lowest BCUT2D eigenvalue weighted by Gasteiger charge is -2.19. The average Bonchev–Trinajstić information content (AvgIpc) is 3.24. The maximum absolute atomic E-state index is 12.1. The van der Waals surface area contributed by atoms with Crippen LogP contribution >= 0.6 is 0 Å². The number of fused-ring (bicyclic) bond motifs is 2. The molecule has 0 spiro atoms. The molecule has 2 aliphatic carbocycles. The Morgan fingerprint density at radius 1 is 1.38 bits per heavy atom. The molecule has 1 aliphatic heterocycles. The van der Waals surface area contributed by atoms with Crippen molar-refractivity contribution < 1.29 is 9.53 Å². The molecule has 2 saturated carbocycles. The highest BCUT2D eigenvalue weighted by Gasteiger charge is 2.40. The van der Waals surface area contributed by atoms with Gasteiger partial charge in [-0.25, -0.2) is 0 Å². The van der Waals surface area contributed by atoms with Crippen LogP contribution in [0, 0.1) is 11.8 Å². The van der Waals surface area contributed by atoms with Crippen molar-refractivity contribution in [3.8, 4) is 0 Å². The minimum absolute atomic E-state index is 0.0516. The van der Waals surface area contributed by atoms with E-state index in [0.29, 0.717) is 31.4 Å². The number of carbonyl (C=O) groups excluding carboxylic acids is 1. The van der Waals surface area contributed by atoms with E-state index in [4.69, 9.17) is 4.74 Å². The summed E-state index contributed by atoms with van der Waals surface area (Å²) in [5.74, 6) is 2.93. The Labute approximate surface area is 124 Å². The summed E-state index contributed by atoms with van der Waals surface area (Å²) in [5.41, 5.74) is 1.99. The summed E-state index contributed by atoms with van der Waals surface area (Å²) in [5, 5.41) is 10.3. The van der Waals surface area contributed by atoms with Crippen LogP contribution in [-0.2, 0) is 9.53 Å². The van der Waals surface area contributed by atoms with Crippen molar-refractivity contribution in [3.63, 3.8) is 0 Å². The lowest BCUT2D eigenvalue weighted by Crippen LogP contribution is -2.19. The SMILES string of the molecule is O=C(Nc1cc(C2CC3CCC2C3)[nH]n1)C1=CCOCC1. The van der Waals surface area contributed by atoms with Gasteiger partial charge in [-0.2, -0.15) is 5.10 Å². The lowest BCUT2D eigenvalue weighted by molar-refractivity contribution is -0.113. The molecule has 4 rings (SSSR count). The molecule has 1 aromatic heterocycles. The van der Waals surface area contributed by atoms with Crippen LogP contribution in [0.3, 0.4) is 0 Å². The number of hydrogen-bond acceptors (Lipinski definition) is 3. The van der Waals surface area contributed by atoms with E-state index in [9.17, 15) is 4.79 Å². The van der Waals surface area contributed by atoms with Gasteiger partial charge < -0.3 is 10.1 Å². The predicted octanol–water partition coefficient (Wildman–Crippen LogP) is 2.60. The fraction of sp³-hybridized carbons (Fsp3) is 0.625. The van der Waals surface area contributed by atoms with Gasteiger partial charge in [0, 0.05) is 29.7 Å². The van der Waals surface area contributed by atoms with Gasteiger partial charge in [0.05, 0.1) is 13.2 Å². The van der Waals surface area contributed by atoms with E-state index in [1.54, 1.807) is 0 Å². The Morgan fingerprint density at radius 2 is 2.33 bits per heavy atom. The second-order valence-electron chi connectivity index (χ2n) is 6.50. The molecule has 21 heavy (non-hydrogen) atoms. The summed E-state index contributed by atoms with van der Waals surface area (Å²) in [6.45, 7) is 1.15. The molecular weight excluding hydrogens is 266 g/mol. The van der Waals surface area contributed by atoms with Crippen LogP contribution in [0.25, 0.3) is 0 Å². The normalized spacial score (nSPS) is 31.2. The zero-order valence-corrected chi connectivity index (χ0v) is 12.1. The molecule has 2 fully saturated rings. The van der Waals surface area contributed by atoms with Crippen molar-refractivity contribution in [2.45, 2.75) is 38.0 Å². The molecule has 5 heteroatoms. The van der Waals surface area contributed by atoms with E-state index >= 15 is 0 Å². The molecular formula is C16H21N3O2. The van der Waals surface area contributed by atoms with Crippen LogP contribution in [-0.4, -0.2) is 29.3 Å². The van der Waals surface area contributed by atoms with Gasteiger partial charge >= 0.3 is 0 Å². The Bertz CT molecular complexity index is 578. The molecule has 0 saturated heterocycles. The second-order valence-corrected chi connectivity index (χ2v) is 6.50. The van der Waals surface area contributed by atoms with Crippen molar-refractivity contribution in [2.24, 2.45) is 11.8 Å². The summed E-state index contributed by atoms with van der Waals surface area (Å²) in [7, 11) is 0. The molecule has 1 aromatic rings. The number of aromatic amines is 1. The third kappa shape index (κ3) is 2.50. The van der Waals surface area contributed by atoms with E-state index < -0.39 is 0 Å². The van der Waals surface area contributed by atoms with Gasteiger partial charge in [-0.05, 0) is 31.1 Å². The van der Waals surface area contributed by atoms with Gasteiger partial charge in [0.25, 0.3) is 5.91 Å². The summed E-state index contributed by atoms with van der Waals surface area (Å²) < 4.78 is 5.22. The Kier molecular flexibility index (Phi) is 3.30. The zero-order chi connectivity index (χ0) is 14.2. The number of aromatic nitrogens is 2. The van der Waals surface area contributed by atoms with Gasteiger partial charge in [0.2, 0.25) is 0 Å². The largest absolute Gasteiger partial charge is 0.377 e.